The van der Waals surface area contributed by atoms with Crippen LogP contribution in [0.1, 0.15) is 10.5 Å². The van der Waals surface area contributed by atoms with Gasteiger partial charge in [-0.3, -0.25) is 4.79 Å². The molecule has 1 aromatic heterocycles. The molecule has 0 radical (unpaired) electrons. The van der Waals surface area contributed by atoms with Crippen LogP contribution in [0.5, 0.6) is 0 Å². The highest BCUT2D eigenvalue weighted by Crippen LogP contribution is 2.23. The number of nitrogens with one attached hydrogen (secondary N) is 1. The quantitative estimate of drug-likeness (QED) is 0.751. The molecule has 1 N–H and O–H groups in total. The molecule has 0 unspecified atom stereocenters. The Labute approximate surface area is 125 Å². The number of nitrogens with zero attached hydrogens (tertiary/aromatic N) is 1. The van der Waals surface area contributed by atoms with E-state index >= 15 is 0 Å². The second kappa shape index (κ2) is 5.13. The molecule has 0 spiro atoms. The van der Waals surface area contributed by atoms with Crippen molar-refractivity contribution < 1.29 is 4.79 Å². The zero-order valence-electron chi connectivity index (χ0n) is 10.9. The summed E-state index contributed by atoms with van der Waals surface area (Å²) in [6, 6.07) is 15.6. The summed E-state index contributed by atoms with van der Waals surface area (Å²) >= 11 is 3.45. The van der Waals surface area contributed by atoms with Gasteiger partial charge in [-0.15, -0.1) is 0 Å². The summed E-state index contributed by atoms with van der Waals surface area (Å²) < 4.78 is 2.85. The molecular formula is C16H13BrN2O. The molecule has 0 aliphatic rings. The lowest BCUT2D eigenvalue weighted by molar-refractivity contribution is 0.101. The van der Waals surface area contributed by atoms with E-state index in [1.54, 1.807) is 10.6 Å². The molecule has 20 heavy (non-hydrogen) atoms. The SMILES string of the molecule is Cn1cccc1C(=O)Nc1ccc2cc(Br)ccc2c1. The first-order valence-corrected chi connectivity index (χ1v) is 7.05. The average molecular weight is 329 g/mol. The summed E-state index contributed by atoms with van der Waals surface area (Å²) in [5, 5.41) is 5.15. The van der Waals surface area contributed by atoms with Gasteiger partial charge in [-0.25, -0.2) is 0 Å². The number of carbonyl (C=O) groups excluding carboxylic acids is 1. The summed E-state index contributed by atoms with van der Waals surface area (Å²) in [6.45, 7) is 0. The van der Waals surface area contributed by atoms with E-state index in [1.165, 1.54) is 0 Å². The highest BCUT2D eigenvalue weighted by atomic mass is 79.9. The van der Waals surface area contributed by atoms with Crippen LogP contribution in [0.2, 0.25) is 0 Å². The van der Waals surface area contributed by atoms with Gasteiger partial charge in [0.15, 0.2) is 0 Å². The van der Waals surface area contributed by atoms with Crippen LogP contribution in [-0.2, 0) is 7.05 Å². The molecule has 0 atom stereocenters. The van der Waals surface area contributed by atoms with Crippen LogP contribution in [0.3, 0.4) is 0 Å². The molecule has 1 heterocycles. The summed E-state index contributed by atoms with van der Waals surface area (Å²) in [5.74, 6) is -0.103. The first kappa shape index (κ1) is 12.9. The fourth-order valence-electron chi connectivity index (χ4n) is 2.19. The number of carbonyl (C=O) groups is 1. The van der Waals surface area contributed by atoms with Gasteiger partial charge in [0, 0.05) is 23.4 Å². The van der Waals surface area contributed by atoms with Crippen LogP contribution in [0.25, 0.3) is 10.8 Å². The van der Waals surface area contributed by atoms with E-state index in [2.05, 4.69) is 27.3 Å². The number of benzene rings is 2. The molecule has 0 fully saturated rings. The van der Waals surface area contributed by atoms with Crippen molar-refractivity contribution in [1.82, 2.24) is 4.57 Å². The molecule has 3 aromatic rings. The Morgan fingerprint density at radius 3 is 2.60 bits per heavy atom. The van der Waals surface area contributed by atoms with Crippen molar-refractivity contribution in [2.45, 2.75) is 0 Å². The van der Waals surface area contributed by atoms with Gasteiger partial charge in [-0.05, 0) is 47.2 Å². The highest BCUT2D eigenvalue weighted by molar-refractivity contribution is 9.10. The third-order valence-electron chi connectivity index (χ3n) is 3.24. The van der Waals surface area contributed by atoms with Crippen LogP contribution in [0, 0.1) is 0 Å². The van der Waals surface area contributed by atoms with E-state index in [0.717, 1.165) is 20.9 Å². The molecule has 1 amide bonds. The minimum Gasteiger partial charge on any atom is -0.347 e. The Hall–Kier alpha value is -2.07. The monoisotopic (exact) mass is 328 g/mol. The van der Waals surface area contributed by atoms with Gasteiger partial charge in [-0.2, -0.15) is 0 Å². The second-order valence-corrected chi connectivity index (χ2v) is 5.58. The van der Waals surface area contributed by atoms with E-state index in [-0.39, 0.29) is 5.91 Å². The minimum atomic E-state index is -0.103. The number of rotatable bonds is 2. The molecule has 0 bridgehead atoms. The zero-order valence-corrected chi connectivity index (χ0v) is 12.5. The molecule has 0 aliphatic carbocycles. The van der Waals surface area contributed by atoms with Crippen LogP contribution >= 0.6 is 15.9 Å². The maximum atomic E-state index is 12.1. The van der Waals surface area contributed by atoms with Crippen molar-refractivity contribution in [3.8, 4) is 0 Å². The largest absolute Gasteiger partial charge is 0.347 e. The first-order chi connectivity index (χ1) is 9.63. The number of aryl methyl sites for hydroxylation is 1. The Bertz CT molecular complexity index is 792. The van der Waals surface area contributed by atoms with Crippen LogP contribution in [0.15, 0.2) is 59.2 Å². The molecule has 100 valence electrons. The van der Waals surface area contributed by atoms with E-state index in [1.807, 2.05) is 49.6 Å². The van der Waals surface area contributed by atoms with Crippen molar-refractivity contribution in [2.75, 3.05) is 5.32 Å². The molecule has 0 saturated heterocycles. The first-order valence-electron chi connectivity index (χ1n) is 6.25. The number of aromatic nitrogens is 1. The van der Waals surface area contributed by atoms with Crippen molar-refractivity contribution in [1.29, 1.82) is 0 Å². The highest BCUT2D eigenvalue weighted by Gasteiger charge is 2.09. The number of halogens is 1. The summed E-state index contributed by atoms with van der Waals surface area (Å²) in [4.78, 5) is 12.1. The lowest BCUT2D eigenvalue weighted by Crippen LogP contribution is -2.15. The number of hydrogen-bond donors (Lipinski definition) is 1. The Morgan fingerprint density at radius 2 is 1.85 bits per heavy atom. The van der Waals surface area contributed by atoms with Crippen molar-refractivity contribution >= 4 is 38.3 Å². The van der Waals surface area contributed by atoms with Crippen LogP contribution in [0.4, 0.5) is 5.69 Å². The molecule has 4 heteroatoms. The summed E-state index contributed by atoms with van der Waals surface area (Å²) in [7, 11) is 1.85. The topological polar surface area (TPSA) is 34.0 Å². The summed E-state index contributed by atoms with van der Waals surface area (Å²) in [6.07, 6.45) is 1.85. The molecule has 3 rings (SSSR count). The fraction of sp³-hybridized carbons (Fsp3) is 0.0625. The Morgan fingerprint density at radius 1 is 1.10 bits per heavy atom. The van der Waals surface area contributed by atoms with E-state index in [0.29, 0.717) is 5.69 Å². The lowest BCUT2D eigenvalue weighted by atomic mass is 10.1. The molecule has 2 aromatic carbocycles. The van der Waals surface area contributed by atoms with Gasteiger partial charge in [-0.1, -0.05) is 28.1 Å². The third kappa shape index (κ3) is 2.47. The van der Waals surface area contributed by atoms with E-state index in [9.17, 15) is 4.79 Å². The molecule has 0 aliphatic heterocycles. The van der Waals surface area contributed by atoms with Crippen LogP contribution < -0.4 is 5.32 Å². The smallest absolute Gasteiger partial charge is 0.272 e. The summed E-state index contributed by atoms with van der Waals surface area (Å²) in [5.41, 5.74) is 1.44. The Kier molecular flexibility index (Phi) is 3.32. The number of fused-ring (bicyclic) bond motifs is 1. The van der Waals surface area contributed by atoms with Gasteiger partial charge in [0.2, 0.25) is 0 Å². The lowest BCUT2D eigenvalue weighted by Gasteiger charge is -2.07. The van der Waals surface area contributed by atoms with Crippen molar-refractivity contribution in [3.05, 3.63) is 64.9 Å². The second-order valence-electron chi connectivity index (χ2n) is 4.66. The number of amides is 1. The third-order valence-corrected chi connectivity index (χ3v) is 3.73. The van der Waals surface area contributed by atoms with Crippen molar-refractivity contribution in [3.63, 3.8) is 0 Å². The van der Waals surface area contributed by atoms with E-state index < -0.39 is 0 Å². The molecule has 0 saturated carbocycles. The van der Waals surface area contributed by atoms with Gasteiger partial charge in [0.1, 0.15) is 5.69 Å². The van der Waals surface area contributed by atoms with Gasteiger partial charge >= 0.3 is 0 Å². The normalized spacial score (nSPS) is 10.7. The average Bonchev–Trinajstić information content (AvgIpc) is 2.85. The Balaban J connectivity index is 1.90. The number of anilines is 1. The maximum Gasteiger partial charge on any atom is 0.272 e. The molecular weight excluding hydrogens is 316 g/mol. The standard InChI is InChI=1S/C16H13BrN2O/c1-19-8-2-3-15(19)16(20)18-14-7-5-11-9-13(17)6-4-12(11)10-14/h2-10H,1H3,(H,18,20). The minimum absolute atomic E-state index is 0.103. The predicted molar refractivity (Wildman–Crippen MR) is 85.0 cm³/mol. The van der Waals surface area contributed by atoms with Gasteiger partial charge in [0.05, 0.1) is 0 Å². The van der Waals surface area contributed by atoms with E-state index in [4.69, 9.17) is 0 Å². The molecule has 3 nitrogen and oxygen atoms in total. The fourth-order valence-corrected chi connectivity index (χ4v) is 2.57. The van der Waals surface area contributed by atoms with Crippen LogP contribution in [-0.4, -0.2) is 10.5 Å². The number of hydrogen-bond acceptors (Lipinski definition) is 1. The van der Waals surface area contributed by atoms with Gasteiger partial charge in [0.25, 0.3) is 5.91 Å². The van der Waals surface area contributed by atoms with Crippen molar-refractivity contribution in [2.24, 2.45) is 7.05 Å². The van der Waals surface area contributed by atoms with Gasteiger partial charge < -0.3 is 9.88 Å². The predicted octanol–water partition coefficient (Wildman–Crippen LogP) is 4.19. The zero-order chi connectivity index (χ0) is 14.1. The maximum absolute atomic E-state index is 12.1.